The van der Waals surface area contributed by atoms with Crippen LogP contribution in [-0.4, -0.2) is 43.6 Å². The van der Waals surface area contributed by atoms with Gasteiger partial charge < -0.3 is 4.74 Å². The van der Waals surface area contributed by atoms with Crippen molar-refractivity contribution in [2.45, 2.75) is 19.5 Å². The average molecular weight is 427 g/mol. The molecule has 4 rings (SSSR count). The second kappa shape index (κ2) is 9.45. The minimum atomic E-state index is -0.226. The highest BCUT2D eigenvalue weighted by Crippen LogP contribution is 2.45. The lowest BCUT2D eigenvalue weighted by atomic mass is 9.88. The van der Waals surface area contributed by atoms with Crippen molar-refractivity contribution in [3.63, 3.8) is 0 Å². The molecular weight excluding hydrogens is 398 g/mol. The quantitative estimate of drug-likeness (QED) is 0.702. The molecular formula is C22H29Cl2FN2O. The van der Waals surface area contributed by atoms with E-state index in [4.69, 9.17) is 4.74 Å². The Labute approximate surface area is 179 Å². The number of ether oxygens (including phenoxy) is 1. The van der Waals surface area contributed by atoms with E-state index in [1.54, 1.807) is 13.2 Å². The Bertz CT molecular complexity index is 804. The lowest BCUT2D eigenvalue weighted by Crippen LogP contribution is -2.29. The topological polar surface area (TPSA) is 15.7 Å². The molecule has 2 aromatic rings. The van der Waals surface area contributed by atoms with Gasteiger partial charge in [0, 0.05) is 38.3 Å². The standard InChI is InChI=1S/C22H27FN2O.2ClH/c1-15-6-4-5-7-20(15)22-21-14-25(13-17(21)12-24(22)2)11-16-8-18(23)10-19(9-16)26-3;;/h4-10,17,21-22H,11-14H2,1-3H3;2*1H/t17-,21+,22+;;/m0../s1. The predicted molar refractivity (Wildman–Crippen MR) is 116 cm³/mol. The predicted octanol–water partition coefficient (Wildman–Crippen LogP) is 4.72. The van der Waals surface area contributed by atoms with E-state index in [9.17, 15) is 4.39 Å². The van der Waals surface area contributed by atoms with E-state index in [1.807, 2.05) is 6.07 Å². The third kappa shape index (κ3) is 4.46. The first kappa shape index (κ1) is 23.0. The largest absolute Gasteiger partial charge is 0.497 e. The normalized spacial score (nSPS) is 24.4. The summed E-state index contributed by atoms with van der Waals surface area (Å²) in [5, 5.41) is 0. The number of aryl methyl sites for hydroxylation is 1. The van der Waals surface area contributed by atoms with Crippen LogP contribution >= 0.6 is 24.8 Å². The minimum absolute atomic E-state index is 0. The van der Waals surface area contributed by atoms with Gasteiger partial charge in [-0.2, -0.15) is 0 Å². The summed E-state index contributed by atoms with van der Waals surface area (Å²) >= 11 is 0. The molecule has 154 valence electrons. The summed E-state index contributed by atoms with van der Waals surface area (Å²) in [6.07, 6.45) is 0. The fourth-order valence-electron chi connectivity index (χ4n) is 4.95. The van der Waals surface area contributed by atoms with Crippen molar-refractivity contribution in [2.75, 3.05) is 33.8 Å². The van der Waals surface area contributed by atoms with Gasteiger partial charge >= 0.3 is 0 Å². The first-order valence-electron chi connectivity index (χ1n) is 9.36. The maximum atomic E-state index is 13.8. The molecule has 0 N–H and O–H groups in total. The van der Waals surface area contributed by atoms with Crippen LogP contribution in [0.2, 0.25) is 0 Å². The molecule has 0 unspecified atom stereocenters. The molecule has 3 atom stereocenters. The summed E-state index contributed by atoms with van der Waals surface area (Å²) in [4.78, 5) is 4.99. The number of rotatable bonds is 4. The van der Waals surface area contributed by atoms with Crippen molar-refractivity contribution < 1.29 is 9.13 Å². The number of likely N-dealkylation sites (tertiary alicyclic amines) is 2. The van der Waals surface area contributed by atoms with Gasteiger partial charge in [-0.1, -0.05) is 24.3 Å². The summed E-state index contributed by atoms with van der Waals surface area (Å²) in [5.41, 5.74) is 3.82. The van der Waals surface area contributed by atoms with Gasteiger partial charge in [-0.05, 0) is 54.6 Å². The number of halogens is 3. The van der Waals surface area contributed by atoms with Gasteiger partial charge in [0.15, 0.2) is 0 Å². The van der Waals surface area contributed by atoms with Crippen LogP contribution in [0.3, 0.4) is 0 Å². The second-order valence-electron chi connectivity index (χ2n) is 7.86. The number of fused-ring (bicyclic) bond motifs is 1. The van der Waals surface area contributed by atoms with Gasteiger partial charge in [0.1, 0.15) is 11.6 Å². The fourth-order valence-corrected chi connectivity index (χ4v) is 4.95. The molecule has 2 aliphatic rings. The maximum Gasteiger partial charge on any atom is 0.127 e. The summed E-state index contributed by atoms with van der Waals surface area (Å²) in [7, 11) is 3.83. The van der Waals surface area contributed by atoms with E-state index in [-0.39, 0.29) is 30.6 Å². The van der Waals surface area contributed by atoms with Crippen LogP contribution in [0.4, 0.5) is 4.39 Å². The molecule has 0 bridgehead atoms. The van der Waals surface area contributed by atoms with E-state index in [1.165, 1.54) is 17.2 Å². The van der Waals surface area contributed by atoms with Gasteiger partial charge in [0.2, 0.25) is 0 Å². The van der Waals surface area contributed by atoms with Crippen molar-refractivity contribution in [2.24, 2.45) is 11.8 Å². The molecule has 0 aromatic heterocycles. The van der Waals surface area contributed by atoms with E-state index in [2.05, 4.69) is 48.0 Å². The lowest BCUT2D eigenvalue weighted by Gasteiger charge is -2.28. The summed E-state index contributed by atoms with van der Waals surface area (Å²) in [6, 6.07) is 14.2. The third-order valence-corrected chi connectivity index (χ3v) is 6.05. The molecule has 28 heavy (non-hydrogen) atoms. The minimum Gasteiger partial charge on any atom is -0.497 e. The molecule has 0 spiro atoms. The summed E-state index contributed by atoms with van der Waals surface area (Å²) in [6.45, 7) is 6.27. The number of hydrogen-bond donors (Lipinski definition) is 0. The zero-order chi connectivity index (χ0) is 18.3. The Kier molecular flexibility index (Phi) is 7.74. The SMILES string of the molecule is COc1cc(F)cc(CN2C[C@@H]3CN(C)[C@H](c4ccccc4C)[C@@H]3C2)c1.Cl.Cl. The van der Waals surface area contributed by atoms with Crippen LogP contribution in [-0.2, 0) is 6.54 Å². The Morgan fingerprint density at radius 2 is 1.82 bits per heavy atom. The molecule has 2 saturated heterocycles. The highest BCUT2D eigenvalue weighted by Gasteiger charge is 2.46. The molecule has 2 aromatic carbocycles. The van der Waals surface area contributed by atoms with E-state index in [0.717, 1.165) is 31.7 Å². The number of hydrogen-bond acceptors (Lipinski definition) is 3. The molecule has 2 heterocycles. The van der Waals surface area contributed by atoms with Gasteiger partial charge in [-0.25, -0.2) is 4.39 Å². The Balaban J connectivity index is 0.00000140. The molecule has 0 amide bonds. The average Bonchev–Trinajstić information content (AvgIpc) is 3.11. The molecule has 0 saturated carbocycles. The van der Waals surface area contributed by atoms with E-state index < -0.39 is 0 Å². The Hall–Kier alpha value is -1.33. The van der Waals surface area contributed by atoms with Crippen LogP contribution in [0.25, 0.3) is 0 Å². The zero-order valence-electron chi connectivity index (χ0n) is 16.6. The van der Waals surface area contributed by atoms with Crippen molar-refractivity contribution in [1.82, 2.24) is 9.80 Å². The lowest BCUT2D eigenvalue weighted by molar-refractivity contribution is 0.224. The number of nitrogens with zero attached hydrogens (tertiary/aromatic N) is 2. The van der Waals surface area contributed by atoms with Crippen molar-refractivity contribution in [3.05, 3.63) is 65.0 Å². The van der Waals surface area contributed by atoms with Crippen LogP contribution in [0.1, 0.15) is 22.7 Å². The molecule has 2 aliphatic heterocycles. The molecule has 0 radical (unpaired) electrons. The number of benzene rings is 2. The molecule has 2 fully saturated rings. The summed E-state index contributed by atoms with van der Waals surface area (Å²) in [5.74, 6) is 1.68. The zero-order valence-corrected chi connectivity index (χ0v) is 18.2. The molecule has 3 nitrogen and oxygen atoms in total. The van der Waals surface area contributed by atoms with Crippen molar-refractivity contribution >= 4 is 24.8 Å². The second-order valence-corrected chi connectivity index (χ2v) is 7.86. The highest BCUT2D eigenvalue weighted by atomic mass is 35.5. The van der Waals surface area contributed by atoms with E-state index in [0.29, 0.717) is 23.6 Å². The maximum absolute atomic E-state index is 13.8. The number of methoxy groups -OCH3 is 1. The van der Waals surface area contributed by atoms with Crippen molar-refractivity contribution in [1.29, 1.82) is 0 Å². The Morgan fingerprint density at radius 1 is 1.07 bits per heavy atom. The smallest absolute Gasteiger partial charge is 0.127 e. The van der Waals surface area contributed by atoms with Gasteiger partial charge in [-0.15, -0.1) is 24.8 Å². The molecule has 6 heteroatoms. The van der Waals surface area contributed by atoms with Crippen molar-refractivity contribution in [3.8, 4) is 5.75 Å². The van der Waals surface area contributed by atoms with E-state index >= 15 is 0 Å². The fraction of sp³-hybridized carbons (Fsp3) is 0.455. The first-order valence-corrected chi connectivity index (χ1v) is 9.36. The first-order chi connectivity index (χ1) is 12.5. The summed E-state index contributed by atoms with van der Waals surface area (Å²) < 4.78 is 19.0. The van der Waals surface area contributed by atoms with Crippen LogP contribution in [0.15, 0.2) is 42.5 Å². The van der Waals surface area contributed by atoms with Gasteiger partial charge in [0.25, 0.3) is 0 Å². The van der Waals surface area contributed by atoms with Crippen LogP contribution in [0.5, 0.6) is 5.75 Å². The van der Waals surface area contributed by atoms with Crippen LogP contribution in [0, 0.1) is 24.6 Å². The molecule has 0 aliphatic carbocycles. The van der Waals surface area contributed by atoms with Gasteiger partial charge in [-0.3, -0.25) is 9.80 Å². The monoisotopic (exact) mass is 426 g/mol. The van der Waals surface area contributed by atoms with Crippen LogP contribution < -0.4 is 4.74 Å². The highest BCUT2D eigenvalue weighted by molar-refractivity contribution is 5.85. The third-order valence-electron chi connectivity index (χ3n) is 6.05. The van der Waals surface area contributed by atoms with Gasteiger partial charge in [0.05, 0.1) is 7.11 Å². The Morgan fingerprint density at radius 3 is 2.54 bits per heavy atom.